The van der Waals surface area contributed by atoms with Gasteiger partial charge in [-0.25, -0.2) is 8.42 Å². The molecule has 8 nitrogen and oxygen atoms in total. The Hall–Kier alpha value is -6.71. The Labute approximate surface area is 309 Å². The van der Waals surface area contributed by atoms with E-state index in [2.05, 4.69) is 23.8 Å². The molecule has 0 aromatic heterocycles. The van der Waals surface area contributed by atoms with Crippen LogP contribution < -0.4 is 20.1 Å². The number of hydrogen-bond donors (Lipinski definition) is 2. The molecule has 0 aliphatic carbocycles. The quantitative estimate of drug-likeness (QED) is 0.130. The zero-order valence-electron chi connectivity index (χ0n) is 29.1. The molecule has 0 radical (unpaired) electrons. The maximum Gasteiger partial charge on any atom is 0.255 e. The Bertz CT molecular complexity index is 2250. The van der Waals surface area contributed by atoms with Gasteiger partial charge in [0.2, 0.25) is 9.84 Å². The van der Waals surface area contributed by atoms with Crippen LogP contribution >= 0.6 is 0 Å². The lowest BCUT2D eigenvalue weighted by Crippen LogP contribution is -2.13. The van der Waals surface area contributed by atoms with E-state index in [0.29, 0.717) is 45.5 Å². The van der Waals surface area contributed by atoms with Gasteiger partial charge in [0, 0.05) is 11.1 Å². The second-order valence-electron chi connectivity index (χ2n) is 12.1. The van der Waals surface area contributed by atoms with Crippen molar-refractivity contribution < 1.29 is 27.5 Å². The average Bonchev–Trinajstić information content (AvgIpc) is 3.18. The number of carbonyl (C=O) groups is 2. The van der Waals surface area contributed by atoms with Crippen LogP contribution in [0.15, 0.2) is 156 Å². The number of sulfone groups is 1. The van der Waals surface area contributed by atoms with E-state index in [9.17, 15) is 18.0 Å². The fourth-order valence-electron chi connectivity index (χ4n) is 5.45. The molecular formula is C44H36N2O6S. The molecule has 0 saturated heterocycles. The maximum absolute atomic E-state index is 13.6. The van der Waals surface area contributed by atoms with Crippen molar-refractivity contribution in [2.45, 2.75) is 23.6 Å². The predicted octanol–water partition coefficient (Wildman–Crippen LogP) is 10.5. The zero-order chi connectivity index (χ0) is 37.5. The molecule has 264 valence electrons. The third kappa shape index (κ3) is 8.27. The van der Waals surface area contributed by atoms with E-state index in [1.165, 1.54) is 24.3 Å². The topological polar surface area (TPSA) is 111 Å². The average molecular weight is 721 g/mol. The fraction of sp³-hybridized carbons (Fsp3) is 0.0455. The highest BCUT2D eigenvalue weighted by atomic mass is 32.2. The summed E-state index contributed by atoms with van der Waals surface area (Å²) in [5, 5.41) is 5.87. The fourth-order valence-corrected chi connectivity index (χ4v) is 6.71. The minimum absolute atomic E-state index is 0.0732. The molecule has 0 heterocycles. The number of amides is 2. The van der Waals surface area contributed by atoms with Gasteiger partial charge in [-0.3, -0.25) is 9.59 Å². The highest BCUT2D eigenvalue weighted by Gasteiger charge is 2.20. The number of benzene rings is 6. The van der Waals surface area contributed by atoms with Crippen molar-refractivity contribution in [2.24, 2.45) is 0 Å². The van der Waals surface area contributed by atoms with Crippen molar-refractivity contribution in [2.75, 3.05) is 10.6 Å². The molecule has 0 atom stereocenters. The second kappa shape index (κ2) is 15.7. The van der Waals surface area contributed by atoms with Crippen molar-refractivity contribution in [3.8, 4) is 23.0 Å². The van der Waals surface area contributed by atoms with Crippen molar-refractivity contribution in [3.63, 3.8) is 0 Å². The Morgan fingerprint density at radius 3 is 1.23 bits per heavy atom. The molecule has 0 unspecified atom stereocenters. The minimum Gasteiger partial charge on any atom is -0.455 e. The molecule has 0 aliphatic rings. The highest BCUT2D eigenvalue weighted by Crippen LogP contribution is 2.35. The first kappa shape index (κ1) is 36.1. The van der Waals surface area contributed by atoms with Crippen molar-refractivity contribution in [3.05, 3.63) is 180 Å². The minimum atomic E-state index is -3.89. The van der Waals surface area contributed by atoms with Crippen molar-refractivity contribution >= 4 is 45.2 Å². The summed E-state index contributed by atoms with van der Waals surface area (Å²) in [7, 11) is -3.89. The van der Waals surface area contributed by atoms with Crippen LogP contribution in [0, 0.1) is 13.8 Å². The monoisotopic (exact) mass is 720 g/mol. The van der Waals surface area contributed by atoms with Crippen LogP contribution in [0.5, 0.6) is 23.0 Å². The van der Waals surface area contributed by atoms with Gasteiger partial charge in [0.1, 0.15) is 11.5 Å². The Morgan fingerprint density at radius 2 is 0.887 bits per heavy atom. The zero-order valence-corrected chi connectivity index (χ0v) is 29.9. The maximum atomic E-state index is 13.6. The summed E-state index contributed by atoms with van der Waals surface area (Å²) < 4.78 is 39.4. The van der Waals surface area contributed by atoms with Gasteiger partial charge in [-0.05, 0) is 121 Å². The third-order valence-corrected chi connectivity index (χ3v) is 10.3. The van der Waals surface area contributed by atoms with Crippen molar-refractivity contribution in [1.29, 1.82) is 0 Å². The predicted molar refractivity (Wildman–Crippen MR) is 210 cm³/mol. The van der Waals surface area contributed by atoms with E-state index in [-0.39, 0.29) is 21.6 Å². The van der Waals surface area contributed by atoms with Gasteiger partial charge in [-0.15, -0.1) is 0 Å². The lowest BCUT2D eigenvalue weighted by atomic mass is 10.1. The number of nitrogens with one attached hydrogen (secondary N) is 2. The number of aryl methyl sites for hydroxylation is 2. The van der Waals surface area contributed by atoms with Gasteiger partial charge in [-0.2, -0.15) is 0 Å². The number of anilines is 2. The smallest absolute Gasteiger partial charge is 0.255 e. The van der Waals surface area contributed by atoms with Crippen LogP contribution in [0.2, 0.25) is 0 Å². The molecule has 0 saturated carbocycles. The number of rotatable bonds is 12. The summed E-state index contributed by atoms with van der Waals surface area (Å²) in [6, 6.07) is 37.1. The third-order valence-electron chi connectivity index (χ3n) is 8.49. The van der Waals surface area contributed by atoms with E-state index in [0.717, 1.165) is 22.3 Å². The molecule has 2 N–H and O–H groups in total. The summed E-state index contributed by atoms with van der Waals surface area (Å²) >= 11 is 0. The SMILES string of the molecule is C=Cc1ccc(C(=O)Nc2c(C)cccc2Oc2ccc(S(=O)(=O)c3ccc(Oc4cccc(C)c4NC(=O)c4ccc(C=C)cc4)cc3)cc2)cc1. The molecule has 2 amide bonds. The summed E-state index contributed by atoms with van der Waals surface area (Å²) in [5.74, 6) is 0.999. The number of para-hydroxylation sites is 2. The molecular weight excluding hydrogens is 685 g/mol. The van der Waals surface area contributed by atoms with Crippen LogP contribution in [-0.2, 0) is 9.84 Å². The van der Waals surface area contributed by atoms with Crippen molar-refractivity contribution in [1.82, 2.24) is 0 Å². The first-order valence-corrected chi connectivity index (χ1v) is 18.1. The number of ether oxygens (including phenoxy) is 2. The highest BCUT2D eigenvalue weighted by molar-refractivity contribution is 7.91. The van der Waals surface area contributed by atoms with Gasteiger partial charge in [0.05, 0.1) is 21.2 Å². The Kier molecular flexibility index (Phi) is 10.7. The van der Waals surface area contributed by atoms with Crippen LogP contribution in [0.1, 0.15) is 43.0 Å². The molecule has 0 fully saturated rings. The normalized spacial score (nSPS) is 10.9. The Balaban J connectivity index is 1.14. The van der Waals surface area contributed by atoms with E-state index in [1.807, 2.05) is 62.4 Å². The van der Waals surface area contributed by atoms with E-state index < -0.39 is 9.84 Å². The van der Waals surface area contributed by atoms with Crippen LogP contribution in [-0.4, -0.2) is 20.2 Å². The molecule has 6 aromatic carbocycles. The summed E-state index contributed by atoms with van der Waals surface area (Å²) in [5.41, 5.74) is 5.36. The summed E-state index contributed by atoms with van der Waals surface area (Å²) in [4.78, 5) is 26.2. The summed E-state index contributed by atoms with van der Waals surface area (Å²) in [6.45, 7) is 11.2. The first-order valence-electron chi connectivity index (χ1n) is 16.6. The summed E-state index contributed by atoms with van der Waals surface area (Å²) in [6.07, 6.45) is 3.41. The van der Waals surface area contributed by atoms with Crippen LogP contribution in [0.25, 0.3) is 12.2 Å². The van der Waals surface area contributed by atoms with Crippen LogP contribution in [0.3, 0.4) is 0 Å². The van der Waals surface area contributed by atoms with E-state index in [4.69, 9.17) is 9.47 Å². The second-order valence-corrected chi connectivity index (χ2v) is 14.1. The standard InChI is InChI=1S/C44H36N2O6S/c1-5-31-13-17-33(18-14-31)43(47)45-41-29(3)9-7-11-39(41)51-35-21-25-37(26-22-35)53(49,50)38-27-23-36(24-28-38)52-40-12-8-10-30(4)42(40)46-44(48)34-19-15-32(6-2)16-20-34/h5-28H,1-2H2,3-4H3,(H,45,47)(H,46,48). The number of carbonyl (C=O) groups excluding carboxylic acids is 2. The van der Waals surface area contributed by atoms with Gasteiger partial charge < -0.3 is 20.1 Å². The van der Waals surface area contributed by atoms with Gasteiger partial charge in [0.15, 0.2) is 11.5 Å². The lowest BCUT2D eigenvalue weighted by molar-refractivity contribution is 0.101. The van der Waals surface area contributed by atoms with Gasteiger partial charge in [-0.1, -0.05) is 73.8 Å². The molecule has 0 spiro atoms. The molecule has 53 heavy (non-hydrogen) atoms. The first-order chi connectivity index (χ1) is 25.5. The molecule has 9 heteroatoms. The lowest BCUT2D eigenvalue weighted by Gasteiger charge is -2.15. The van der Waals surface area contributed by atoms with E-state index in [1.54, 1.807) is 72.8 Å². The molecule has 6 rings (SSSR count). The Morgan fingerprint density at radius 1 is 0.528 bits per heavy atom. The van der Waals surface area contributed by atoms with E-state index >= 15 is 0 Å². The van der Waals surface area contributed by atoms with Crippen LogP contribution in [0.4, 0.5) is 11.4 Å². The molecule has 6 aromatic rings. The van der Waals surface area contributed by atoms with Gasteiger partial charge >= 0.3 is 0 Å². The largest absolute Gasteiger partial charge is 0.455 e. The van der Waals surface area contributed by atoms with Gasteiger partial charge in [0.25, 0.3) is 11.8 Å². The molecule has 0 aliphatic heterocycles. The molecule has 0 bridgehead atoms. The number of hydrogen-bond acceptors (Lipinski definition) is 6.